The van der Waals surface area contributed by atoms with Crippen LogP contribution in [0.25, 0.3) is 0 Å². The van der Waals surface area contributed by atoms with Crippen molar-refractivity contribution >= 4 is 23.3 Å². The monoisotopic (exact) mass is 358 g/mol. The average molecular weight is 359 g/mol. The molecule has 1 aliphatic heterocycles. The third-order valence-corrected chi connectivity index (χ3v) is 4.72. The van der Waals surface area contributed by atoms with Gasteiger partial charge in [0.05, 0.1) is 0 Å². The Morgan fingerprint density at radius 3 is 2.88 bits per heavy atom. The van der Waals surface area contributed by atoms with Crippen molar-refractivity contribution in [2.75, 3.05) is 25.0 Å². The predicted octanol–water partition coefficient (Wildman–Crippen LogP) is 3.66. The smallest absolute Gasteiger partial charge is 0.272 e. The number of halogens is 1. The van der Waals surface area contributed by atoms with E-state index in [0.717, 1.165) is 37.5 Å². The molecule has 0 bridgehead atoms. The number of carbonyl (C=O) groups is 1. The maximum absolute atomic E-state index is 12.6. The summed E-state index contributed by atoms with van der Waals surface area (Å²) in [4.78, 5) is 22.9. The molecule has 1 atom stereocenters. The van der Waals surface area contributed by atoms with Crippen LogP contribution in [0.5, 0.6) is 0 Å². The fourth-order valence-corrected chi connectivity index (χ4v) is 3.22. The lowest BCUT2D eigenvalue weighted by atomic mass is 10.00. The molecule has 1 aliphatic rings. The van der Waals surface area contributed by atoms with Crippen molar-refractivity contribution in [2.45, 2.75) is 26.2 Å². The van der Waals surface area contributed by atoms with Crippen LogP contribution in [0.4, 0.5) is 5.82 Å². The molecule has 1 aromatic heterocycles. The van der Waals surface area contributed by atoms with Crippen LogP contribution in [0.15, 0.2) is 36.7 Å². The van der Waals surface area contributed by atoms with Gasteiger partial charge in [0.2, 0.25) is 0 Å². The molecular formula is C19H23ClN4O. The fraction of sp³-hybridized carbons (Fsp3) is 0.421. The third-order valence-electron chi connectivity index (χ3n) is 4.46. The minimum Gasteiger partial charge on any atom is -0.370 e. The molecule has 1 fully saturated rings. The second-order valence-corrected chi connectivity index (χ2v) is 7.03. The number of hydrogen-bond donors (Lipinski definition) is 1. The van der Waals surface area contributed by atoms with Gasteiger partial charge in [-0.15, -0.1) is 0 Å². The fourth-order valence-electron chi connectivity index (χ4n) is 3.09. The maximum Gasteiger partial charge on any atom is 0.272 e. The summed E-state index contributed by atoms with van der Waals surface area (Å²) >= 11 is 5.89. The first-order valence-corrected chi connectivity index (χ1v) is 9.09. The zero-order chi connectivity index (χ0) is 17.6. The number of rotatable bonds is 5. The molecule has 6 heteroatoms. The molecule has 0 saturated carbocycles. The number of hydrogen-bond acceptors (Lipinski definition) is 4. The highest BCUT2D eigenvalue weighted by atomic mass is 35.5. The Kier molecular flexibility index (Phi) is 5.87. The number of nitrogens with one attached hydrogen (secondary N) is 1. The summed E-state index contributed by atoms with van der Waals surface area (Å²) in [6.07, 6.45) is 4.55. The van der Waals surface area contributed by atoms with Gasteiger partial charge in [0.1, 0.15) is 17.8 Å². The van der Waals surface area contributed by atoms with Crippen molar-refractivity contribution in [1.82, 2.24) is 14.9 Å². The van der Waals surface area contributed by atoms with Crippen LogP contribution in [0.3, 0.4) is 0 Å². The van der Waals surface area contributed by atoms with Crippen molar-refractivity contribution in [1.29, 1.82) is 0 Å². The van der Waals surface area contributed by atoms with Crippen LogP contribution in [-0.2, 0) is 6.42 Å². The molecule has 0 aliphatic carbocycles. The van der Waals surface area contributed by atoms with Gasteiger partial charge < -0.3 is 10.2 Å². The van der Waals surface area contributed by atoms with Crippen LogP contribution >= 0.6 is 11.6 Å². The van der Waals surface area contributed by atoms with Crippen molar-refractivity contribution in [2.24, 2.45) is 5.92 Å². The first kappa shape index (κ1) is 17.7. The van der Waals surface area contributed by atoms with Crippen molar-refractivity contribution < 1.29 is 4.79 Å². The van der Waals surface area contributed by atoms with E-state index in [9.17, 15) is 4.79 Å². The van der Waals surface area contributed by atoms with E-state index in [4.69, 9.17) is 11.6 Å². The van der Waals surface area contributed by atoms with Crippen molar-refractivity contribution in [3.63, 3.8) is 0 Å². The summed E-state index contributed by atoms with van der Waals surface area (Å²) in [5.41, 5.74) is 1.66. The van der Waals surface area contributed by atoms with Gasteiger partial charge in [-0.25, -0.2) is 9.97 Å². The van der Waals surface area contributed by atoms with Gasteiger partial charge >= 0.3 is 0 Å². The molecule has 1 amide bonds. The van der Waals surface area contributed by atoms with Gasteiger partial charge in [-0.05, 0) is 42.9 Å². The Balaban J connectivity index is 1.57. The first-order valence-electron chi connectivity index (χ1n) is 8.71. The lowest BCUT2D eigenvalue weighted by Gasteiger charge is -2.30. The molecular weight excluding hydrogens is 336 g/mol. The zero-order valence-electron chi connectivity index (χ0n) is 14.4. The SMILES string of the molecule is CC1CCCN(C(=O)c2cc(NCCc3ccc(Cl)cc3)ncn2)C1. The topological polar surface area (TPSA) is 58.1 Å². The molecule has 3 rings (SSSR count). The summed E-state index contributed by atoms with van der Waals surface area (Å²) in [7, 11) is 0. The molecule has 0 radical (unpaired) electrons. The van der Waals surface area contributed by atoms with Gasteiger partial charge in [-0.3, -0.25) is 4.79 Å². The van der Waals surface area contributed by atoms with E-state index >= 15 is 0 Å². The number of benzene rings is 1. The molecule has 0 spiro atoms. The number of likely N-dealkylation sites (tertiary alicyclic amines) is 1. The lowest BCUT2D eigenvalue weighted by molar-refractivity contribution is 0.0677. The van der Waals surface area contributed by atoms with E-state index in [0.29, 0.717) is 17.4 Å². The standard InChI is InChI=1S/C19H23ClN4O/c1-14-3-2-10-24(12-14)19(25)17-11-18(23-13-22-17)21-9-8-15-4-6-16(20)7-5-15/h4-7,11,13-14H,2-3,8-10,12H2,1H3,(H,21,22,23). The van der Waals surface area contributed by atoms with Gasteiger partial charge in [-0.1, -0.05) is 30.7 Å². The molecule has 1 aromatic carbocycles. The number of aromatic nitrogens is 2. The van der Waals surface area contributed by atoms with E-state index in [1.807, 2.05) is 29.2 Å². The number of amides is 1. The second-order valence-electron chi connectivity index (χ2n) is 6.59. The summed E-state index contributed by atoms with van der Waals surface area (Å²) in [5.74, 6) is 1.23. The molecule has 132 valence electrons. The van der Waals surface area contributed by atoms with Crippen LogP contribution in [0.2, 0.25) is 5.02 Å². The Morgan fingerprint density at radius 2 is 2.12 bits per heavy atom. The van der Waals surface area contributed by atoms with Gasteiger partial charge in [0.25, 0.3) is 5.91 Å². The summed E-state index contributed by atoms with van der Waals surface area (Å²) in [6.45, 7) is 4.53. The molecule has 1 saturated heterocycles. The molecule has 1 unspecified atom stereocenters. The summed E-state index contributed by atoms with van der Waals surface area (Å²) in [5, 5.41) is 4.00. The average Bonchev–Trinajstić information content (AvgIpc) is 2.63. The van der Waals surface area contributed by atoms with Gasteiger partial charge in [-0.2, -0.15) is 0 Å². The van der Waals surface area contributed by atoms with Gasteiger partial charge in [0, 0.05) is 30.7 Å². The molecule has 1 N–H and O–H groups in total. The van der Waals surface area contributed by atoms with E-state index in [1.54, 1.807) is 6.07 Å². The van der Waals surface area contributed by atoms with Crippen LogP contribution in [-0.4, -0.2) is 40.4 Å². The number of carbonyl (C=O) groups excluding carboxylic acids is 1. The van der Waals surface area contributed by atoms with Crippen molar-refractivity contribution in [3.05, 3.63) is 52.9 Å². The molecule has 25 heavy (non-hydrogen) atoms. The minimum atomic E-state index is -0.00491. The largest absolute Gasteiger partial charge is 0.370 e. The Bertz CT molecular complexity index is 720. The van der Waals surface area contributed by atoms with E-state index in [-0.39, 0.29) is 5.91 Å². The minimum absolute atomic E-state index is 0.00491. The highest BCUT2D eigenvalue weighted by molar-refractivity contribution is 6.30. The highest BCUT2D eigenvalue weighted by Crippen LogP contribution is 2.18. The number of anilines is 1. The van der Waals surface area contributed by atoms with Crippen LogP contribution < -0.4 is 5.32 Å². The normalized spacial score (nSPS) is 17.4. The molecule has 2 aromatic rings. The predicted molar refractivity (Wildman–Crippen MR) is 100.0 cm³/mol. The Labute approximate surface area is 153 Å². The zero-order valence-corrected chi connectivity index (χ0v) is 15.2. The maximum atomic E-state index is 12.6. The van der Waals surface area contributed by atoms with E-state index in [1.165, 1.54) is 18.3 Å². The van der Waals surface area contributed by atoms with Crippen molar-refractivity contribution in [3.8, 4) is 0 Å². The Hall–Kier alpha value is -2.14. The number of piperidine rings is 1. The first-order chi connectivity index (χ1) is 12.1. The quantitative estimate of drug-likeness (QED) is 0.886. The number of nitrogens with zero attached hydrogens (tertiary/aromatic N) is 3. The molecule has 5 nitrogen and oxygen atoms in total. The van der Waals surface area contributed by atoms with Crippen LogP contribution in [0.1, 0.15) is 35.8 Å². The third kappa shape index (κ3) is 4.92. The molecule has 2 heterocycles. The van der Waals surface area contributed by atoms with E-state index in [2.05, 4.69) is 22.2 Å². The van der Waals surface area contributed by atoms with E-state index < -0.39 is 0 Å². The lowest BCUT2D eigenvalue weighted by Crippen LogP contribution is -2.39. The Morgan fingerprint density at radius 1 is 1.32 bits per heavy atom. The summed E-state index contributed by atoms with van der Waals surface area (Å²) < 4.78 is 0. The van der Waals surface area contributed by atoms with Gasteiger partial charge in [0.15, 0.2) is 0 Å². The highest BCUT2D eigenvalue weighted by Gasteiger charge is 2.23. The van der Waals surface area contributed by atoms with Crippen LogP contribution in [0, 0.1) is 5.92 Å². The summed E-state index contributed by atoms with van der Waals surface area (Å²) in [6, 6.07) is 9.53. The second kappa shape index (κ2) is 8.30.